The van der Waals surface area contributed by atoms with Gasteiger partial charge in [-0.2, -0.15) is 0 Å². The van der Waals surface area contributed by atoms with Gasteiger partial charge in [0.05, 0.1) is 27.2 Å². The maximum absolute atomic E-state index is 5.74. The maximum Gasteiger partial charge on any atom is 0.173 e. The minimum absolute atomic E-state index is 0.580. The van der Waals surface area contributed by atoms with E-state index in [1.165, 1.54) is 9.78 Å². The lowest BCUT2D eigenvalue weighted by molar-refractivity contribution is -0.858. The van der Waals surface area contributed by atoms with E-state index in [0.717, 1.165) is 48.4 Å². The van der Waals surface area contributed by atoms with Gasteiger partial charge in [-0.1, -0.05) is 6.07 Å². The number of rotatable bonds is 7. The number of ether oxygens (including phenoxy) is 2. The molecule has 0 atom stereocenters. The molecule has 1 aliphatic rings. The molecule has 2 heterocycles. The Morgan fingerprint density at radius 2 is 2.04 bits per heavy atom. The minimum Gasteiger partial charge on any atom is -0.486 e. The van der Waals surface area contributed by atoms with Gasteiger partial charge in [0, 0.05) is 29.6 Å². The van der Waals surface area contributed by atoms with Gasteiger partial charge in [-0.15, -0.1) is 11.3 Å². The average Bonchev–Trinajstić information content (AvgIpc) is 3.16. The molecule has 0 radical (unpaired) electrons. The molecular weight excluding hydrogens is 366 g/mol. The molecule has 0 saturated heterocycles. The number of hydrogen-bond acceptors (Lipinski definition) is 4. The van der Waals surface area contributed by atoms with Crippen molar-refractivity contribution in [3.05, 3.63) is 40.6 Å². The van der Waals surface area contributed by atoms with E-state index in [2.05, 4.69) is 41.8 Å². The fourth-order valence-electron chi connectivity index (χ4n) is 2.77. The van der Waals surface area contributed by atoms with Crippen molar-refractivity contribution in [1.29, 1.82) is 0 Å². The second-order valence-corrected chi connectivity index (χ2v) is 7.96. The quantitative estimate of drug-likeness (QED) is 0.557. The lowest BCUT2D eigenvalue weighted by Crippen LogP contribution is -3.05. The number of thiophene rings is 1. The van der Waals surface area contributed by atoms with Crippen LogP contribution in [0, 0.1) is 0 Å². The SMILES string of the molecule is C[NH+](C)CCCNC(=S)N(Cc1cccs1)c1ccc2c(c1)OCCO2. The third kappa shape index (κ3) is 5.09. The number of hydrogen-bond donors (Lipinski definition) is 2. The Bertz CT molecular complexity index is 720. The number of nitrogens with one attached hydrogen (secondary N) is 2. The van der Waals surface area contributed by atoms with Crippen LogP contribution in [0.1, 0.15) is 11.3 Å². The molecule has 1 aromatic heterocycles. The highest BCUT2D eigenvalue weighted by atomic mass is 32.1. The molecule has 26 heavy (non-hydrogen) atoms. The normalized spacial score (nSPS) is 12.9. The Labute approximate surface area is 164 Å². The molecule has 0 amide bonds. The summed E-state index contributed by atoms with van der Waals surface area (Å²) in [6.45, 7) is 3.90. The van der Waals surface area contributed by atoms with Gasteiger partial charge in [-0.3, -0.25) is 0 Å². The zero-order valence-electron chi connectivity index (χ0n) is 15.3. The van der Waals surface area contributed by atoms with E-state index in [1.807, 2.05) is 18.2 Å². The Morgan fingerprint density at radius 1 is 1.23 bits per heavy atom. The summed E-state index contributed by atoms with van der Waals surface area (Å²) in [6, 6.07) is 10.2. The van der Waals surface area contributed by atoms with Crippen LogP contribution in [0.25, 0.3) is 0 Å². The highest BCUT2D eigenvalue weighted by molar-refractivity contribution is 7.80. The predicted octanol–water partition coefficient (Wildman–Crippen LogP) is 1.93. The van der Waals surface area contributed by atoms with Gasteiger partial charge in [0.25, 0.3) is 0 Å². The zero-order chi connectivity index (χ0) is 18.4. The Kier molecular flexibility index (Phi) is 6.71. The number of quaternary nitrogens is 1. The monoisotopic (exact) mass is 392 g/mol. The van der Waals surface area contributed by atoms with Crippen LogP contribution >= 0.6 is 23.6 Å². The van der Waals surface area contributed by atoms with Crippen LogP contribution in [-0.4, -0.2) is 45.5 Å². The van der Waals surface area contributed by atoms with E-state index in [-0.39, 0.29) is 0 Å². The summed E-state index contributed by atoms with van der Waals surface area (Å²) < 4.78 is 11.4. The molecule has 2 aromatic rings. The molecule has 2 N–H and O–H groups in total. The largest absolute Gasteiger partial charge is 0.486 e. The first-order valence-corrected chi connectivity index (χ1v) is 10.2. The van der Waals surface area contributed by atoms with Crippen molar-refractivity contribution in [3.8, 4) is 11.5 Å². The molecule has 7 heteroatoms. The molecule has 0 unspecified atom stereocenters. The predicted molar refractivity (Wildman–Crippen MR) is 111 cm³/mol. The van der Waals surface area contributed by atoms with E-state index in [0.29, 0.717) is 13.2 Å². The van der Waals surface area contributed by atoms with Gasteiger partial charge in [-0.25, -0.2) is 0 Å². The first kappa shape index (κ1) is 18.9. The van der Waals surface area contributed by atoms with Crippen molar-refractivity contribution < 1.29 is 14.4 Å². The highest BCUT2D eigenvalue weighted by Gasteiger charge is 2.18. The van der Waals surface area contributed by atoms with Crippen LogP contribution in [0.3, 0.4) is 0 Å². The van der Waals surface area contributed by atoms with Gasteiger partial charge >= 0.3 is 0 Å². The van der Waals surface area contributed by atoms with Crippen LogP contribution in [0.5, 0.6) is 11.5 Å². The summed E-state index contributed by atoms with van der Waals surface area (Å²) in [7, 11) is 4.33. The van der Waals surface area contributed by atoms with Gasteiger partial charge in [0.2, 0.25) is 0 Å². The van der Waals surface area contributed by atoms with Crippen molar-refractivity contribution in [1.82, 2.24) is 5.32 Å². The fourth-order valence-corrected chi connectivity index (χ4v) is 3.74. The summed E-state index contributed by atoms with van der Waals surface area (Å²) in [5.74, 6) is 1.58. The molecule has 0 fully saturated rings. The molecule has 1 aliphatic heterocycles. The van der Waals surface area contributed by atoms with Crippen LogP contribution in [0.15, 0.2) is 35.7 Å². The lowest BCUT2D eigenvalue weighted by atomic mass is 10.2. The van der Waals surface area contributed by atoms with Gasteiger partial charge < -0.3 is 24.6 Å². The summed E-state index contributed by atoms with van der Waals surface area (Å²) in [6.07, 6.45) is 1.08. The molecular formula is C19H26N3O2S2+. The van der Waals surface area contributed by atoms with E-state index in [9.17, 15) is 0 Å². The summed E-state index contributed by atoms with van der Waals surface area (Å²) in [5, 5.41) is 6.24. The molecule has 140 valence electrons. The molecule has 5 nitrogen and oxygen atoms in total. The molecule has 0 aliphatic carbocycles. The van der Waals surface area contributed by atoms with Crippen LogP contribution < -0.4 is 24.6 Å². The summed E-state index contributed by atoms with van der Waals surface area (Å²) in [5.41, 5.74) is 1.01. The first-order chi connectivity index (χ1) is 12.6. The molecule has 0 spiro atoms. The van der Waals surface area contributed by atoms with E-state index >= 15 is 0 Å². The third-order valence-corrected chi connectivity index (χ3v) is 5.33. The van der Waals surface area contributed by atoms with Crippen molar-refractivity contribution >= 4 is 34.4 Å². The van der Waals surface area contributed by atoms with E-state index < -0.39 is 0 Å². The fraction of sp³-hybridized carbons (Fsp3) is 0.421. The number of anilines is 1. The molecule has 0 bridgehead atoms. The number of nitrogens with zero attached hydrogens (tertiary/aromatic N) is 1. The number of thiocarbonyl (C=S) groups is 1. The van der Waals surface area contributed by atoms with Crippen molar-refractivity contribution in [2.75, 3.05) is 45.3 Å². The Balaban J connectivity index is 1.73. The lowest BCUT2D eigenvalue weighted by Gasteiger charge is -2.27. The molecule has 1 aromatic carbocycles. The van der Waals surface area contributed by atoms with Gasteiger partial charge in [-0.05, 0) is 35.8 Å². The van der Waals surface area contributed by atoms with Crippen LogP contribution in [-0.2, 0) is 6.54 Å². The second kappa shape index (κ2) is 9.21. The topological polar surface area (TPSA) is 38.2 Å². The summed E-state index contributed by atoms with van der Waals surface area (Å²) >= 11 is 7.44. The summed E-state index contributed by atoms with van der Waals surface area (Å²) in [4.78, 5) is 4.84. The Morgan fingerprint density at radius 3 is 2.77 bits per heavy atom. The van der Waals surface area contributed by atoms with Gasteiger partial charge in [0.15, 0.2) is 16.6 Å². The minimum atomic E-state index is 0.580. The average molecular weight is 393 g/mol. The molecule has 0 saturated carbocycles. The van der Waals surface area contributed by atoms with Crippen molar-refractivity contribution in [2.45, 2.75) is 13.0 Å². The number of fused-ring (bicyclic) bond motifs is 1. The first-order valence-electron chi connectivity index (χ1n) is 8.90. The standard InChI is InChI=1S/C19H25N3O2S2/c1-21(2)9-4-8-20-19(25)22(14-16-5-3-12-26-16)15-6-7-17-18(13-15)24-11-10-23-17/h3,5-7,12-13H,4,8-11,14H2,1-2H3,(H,20,25)/p+1. The number of benzene rings is 1. The van der Waals surface area contributed by atoms with Crippen molar-refractivity contribution in [3.63, 3.8) is 0 Å². The maximum atomic E-state index is 5.74. The Hall–Kier alpha value is -1.83. The highest BCUT2D eigenvalue weighted by Crippen LogP contribution is 2.34. The smallest absolute Gasteiger partial charge is 0.173 e. The van der Waals surface area contributed by atoms with Crippen LogP contribution in [0.4, 0.5) is 5.69 Å². The van der Waals surface area contributed by atoms with Crippen molar-refractivity contribution in [2.24, 2.45) is 0 Å². The van der Waals surface area contributed by atoms with Crippen LogP contribution in [0.2, 0.25) is 0 Å². The third-order valence-electron chi connectivity index (χ3n) is 4.11. The van der Waals surface area contributed by atoms with Gasteiger partial charge in [0.1, 0.15) is 13.2 Å². The molecule has 3 rings (SSSR count). The van der Waals surface area contributed by atoms with E-state index in [4.69, 9.17) is 21.7 Å². The zero-order valence-corrected chi connectivity index (χ0v) is 16.9. The second-order valence-electron chi connectivity index (χ2n) is 6.54. The van der Waals surface area contributed by atoms with E-state index in [1.54, 1.807) is 11.3 Å².